The first-order valence-corrected chi connectivity index (χ1v) is 11.2. The summed E-state index contributed by atoms with van der Waals surface area (Å²) in [6, 6.07) is 22.3. The first-order valence-electron chi connectivity index (χ1n) is 10.4. The number of phenols is 1. The van der Waals surface area contributed by atoms with E-state index >= 15 is 0 Å². The first kappa shape index (κ1) is 24.9. The van der Waals surface area contributed by atoms with Gasteiger partial charge >= 0.3 is 12.2 Å². The van der Waals surface area contributed by atoms with Crippen molar-refractivity contribution in [3.63, 3.8) is 0 Å². The van der Waals surface area contributed by atoms with Gasteiger partial charge in [0.05, 0.1) is 6.21 Å². The third-order valence-corrected chi connectivity index (χ3v) is 5.05. The minimum Gasteiger partial charge on any atom is -0.507 e. The Bertz CT molecular complexity index is 1300. The Kier molecular flexibility index (Phi) is 7.64. The van der Waals surface area contributed by atoms with Crippen LogP contribution in [0.4, 0.5) is 36.4 Å². The molecule has 0 saturated carbocycles. The highest BCUT2D eigenvalue weighted by Crippen LogP contribution is 2.33. The SMILES string of the molecule is Oc1ccc(Br)cc1/C=N\Nc1nc(OCC(F)(F)F)nc(N(c2ccccc2)c2ccccc2)n1. The topological polar surface area (TPSA) is 95.8 Å². The number of aromatic nitrogens is 3. The summed E-state index contributed by atoms with van der Waals surface area (Å²) in [5.74, 6) is -0.184. The molecule has 0 unspecified atom stereocenters. The Hall–Kier alpha value is -4.19. The molecule has 0 saturated heterocycles. The Balaban J connectivity index is 1.73. The lowest BCUT2D eigenvalue weighted by molar-refractivity contribution is -0.154. The van der Waals surface area contributed by atoms with Gasteiger partial charge in [-0.05, 0) is 42.5 Å². The molecule has 36 heavy (non-hydrogen) atoms. The summed E-state index contributed by atoms with van der Waals surface area (Å²) in [5, 5.41) is 14.0. The van der Waals surface area contributed by atoms with E-state index in [2.05, 4.69) is 41.4 Å². The summed E-state index contributed by atoms with van der Waals surface area (Å²) >= 11 is 3.31. The molecule has 0 bridgehead atoms. The van der Waals surface area contributed by atoms with Gasteiger partial charge < -0.3 is 9.84 Å². The second-order valence-corrected chi connectivity index (χ2v) is 8.14. The number of alkyl halides is 3. The number of hydrogen-bond donors (Lipinski definition) is 2. The molecule has 0 amide bonds. The first-order chi connectivity index (χ1) is 17.3. The van der Waals surface area contributed by atoms with E-state index in [9.17, 15) is 18.3 Å². The number of hydrogen-bond acceptors (Lipinski definition) is 8. The fourth-order valence-corrected chi connectivity index (χ4v) is 3.41. The molecule has 0 aliphatic rings. The van der Waals surface area contributed by atoms with Crippen LogP contribution in [0, 0.1) is 0 Å². The van der Waals surface area contributed by atoms with Gasteiger partial charge in [0.2, 0.25) is 5.95 Å². The van der Waals surface area contributed by atoms with Crippen molar-refractivity contribution in [2.24, 2.45) is 5.10 Å². The van der Waals surface area contributed by atoms with Gasteiger partial charge in [0, 0.05) is 21.4 Å². The summed E-state index contributed by atoms with van der Waals surface area (Å²) in [5.41, 5.74) is 4.27. The largest absolute Gasteiger partial charge is 0.507 e. The van der Waals surface area contributed by atoms with Gasteiger partial charge in [0.25, 0.3) is 5.95 Å². The summed E-state index contributed by atoms with van der Waals surface area (Å²) in [7, 11) is 0. The van der Waals surface area contributed by atoms with Crippen molar-refractivity contribution in [2.75, 3.05) is 16.9 Å². The molecule has 2 N–H and O–H groups in total. The molecule has 4 aromatic rings. The van der Waals surface area contributed by atoms with Gasteiger partial charge in [-0.15, -0.1) is 0 Å². The van der Waals surface area contributed by atoms with E-state index in [1.807, 2.05) is 12.1 Å². The van der Waals surface area contributed by atoms with Gasteiger partial charge in [-0.1, -0.05) is 52.3 Å². The summed E-state index contributed by atoms with van der Waals surface area (Å²) in [6.07, 6.45) is -3.28. The predicted octanol–water partition coefficient (Wildman–Crippen LogP) is 6.20. The number of rotatable bonds is 8. The van der Waals surface area contributed by atoms with Crippen molar-refractivity contribution in [3.8, 4) is 11.8 Å². The summed E-state index contributed by atoms with van der Waals surface area (Å²) in [6.45, 7) is -1.58. The number of nitrogens with one attached hydrogen (secondary N) is 1. The lowest BCUT2D eigenvalue weighted by Crippen LogP contribution is -2.21. The van der Waals surface area contributed by atoms with Crippen molar-refractivity contribution in [3.05, 3.63) is 88.9 Å². The molecule has 1 heterocycles. The van der Waals surface area contributed by atoms with Crippen LogP contribution in [0.5, 0.6) is 11.8 Å². The fourth-order valence-electron chi connectivity index (χ4n) is 3.03. The van der Waals surface area contributed by atoms with Crippen LogP contribution >= 0.6 is 15.9 Å². The van der Waals surface area contributed by atoms with Gasteiger partial charge in [-0.2, -0.15) is 33.2 Å². The van der Waals surface area contributed by atoms with Crippen LogP contribution in [0.3, 0.4) is 0 Å². The maximum Gasteiger partial charge on any atom is 0.422 e. The minimum atomic E-state index is -4.59. The monoisotopic (exact) mass is 558 g/mol. The molecule has 184 valence electrons. The molecule has 8 nitrogen and oxygen atoms in total. The van der Waals surface area contributed by atoms with E-state index in [0.29, 0.717) is 21.4 Å². The van der Waals surface area contributed by atoms with Crippen LogP contribution in [-0.2, 0) is 0 Å². The quantitative estimate of drug-likeness (QED) is 0.196. The number of hydrazone groups is 1. The lowest BCUT2D eigenvalue weighted by Gasteiger charge is -2.23. The van der Waals surface area contributed by atoms with Crippen LogP contribution in [0.1, 0.15) is 5.56 Å². The molecular weight excluding hydrogens is 541 g/mol. The molecule has 4 rings (SSSR count). The number of para-hydroxylation sites is 2. The van der Waals surface area contributed by atoms with Gasteiger partial charge in [-0.25, -0.2) is 5.43 Å². The number of aromatic hydroxyl groups is 1. The van der Waals surface area contributed by atoms with E-state index < -0.39 is 18.8 Å². The molecule has 0 aliphatic carbocycles. The summed E-state index contributed by atoms with van der Waals surface area (Å²) < 4.78 is 44.0. The smallest absolute Gasteiger partial charge is 0.422 e. The van der Waals surface area contributed by atoms with Crippen LogP contribution in [0.15, 0.2) is 88.4 Å². The average molecular weight is 559 g/mol. The standard InChI is InChI=1S/C24H18BrF3N6O2/c25-17-11-12-20(35)16(13-17)14-29-33-21-30-22(32-23(31-21)36-15-24(26,27)28)34(18-7-3-1-4-8-18)19-9-5-2-6-10-19/h1-14,35H,15H2,(H,30,31,32,33)/b29-14-. The zero-order valence-corrected chi connectivity index (χ0v) is 20.0. The zero-order valence-electron chi connectivity index (χ0n) is 18.4. The van der Waals surface area contributed by atoms with Gasteiger partial charge in [0.1, 0.15) is 5.75 Å². The van der Waals surface area contributed by atoms with Gasteiger partial charge in [0.15, 0.2) is 6.61 Å². The van der Waals surface area contributed by atoms with Crippen molar-refractivity contribution in [1.29, 1.82) is 0 Å². The maximum atomic E-state index is 12.8. The number of nitrogens with zero attached hydrogens (tertiary/aromatic N) is 5. The number of halogens is 4. The second kappa shape index (κ2) is 11.0. The Labute approximate surface area is 212 Å². The molecular formula is C24H18BrF3N6O2. The normalized spacial score (nSPS) is 11.4. The lowest BCUT2D eigenvalue weighted by atomic mass is 10.2. The molecule has 0 aliphatic heterocycles. The minimum absolute atomic E-state index is 0.00239. The third kappa shape index (κ3) is 6.69. The number of anilines is 4. The highest BCUT2D eigenvalue weighted by atomic mass is 79.9. The second-order valence-electron chi connectivity index (χ2n) is 7.23. The average Bonchev–Trinajstić information content (AvgIpc) is 2.86. The number of phenolic OH excluding ortho intramolecular Hbond substituents is 1. The van der Waals surface area contributed by atoms with E-state index in [1.54, 1.807) is 65.6 Å². The molecule has 3 aromatic carbocycles. The summed E-state index contributed by atoms with van der Waals surface area (Å²) in [4.78, 5) is 14.0. The Morgan fingerprint density at radius 3 is 2.19 bits per heavy atom. The molecule has 12 heteroatoms. The highest BCUT2D eigenvalue weighted by Gasteiger charge is 2.29. The fraction of sp³-hybridized carbons (Fsp3) is 0.0833. The van der Waals surface area contributed by atoms with Crippen LogP contribution in [-0.4, -0.2) is 39.1 Å². The van der Waals surface area contributed by atoms with E-state index in [1.165, 1.54) is 12.3 Å². The Morgan fingerprint density at radius 1 is 0.944 bits per heavy atom. The zero-order chi connectivity index (χ0) is 25.5. The van der Waals surface area contributed by atoms with E-state index in [0.717, 1.165) is 0 Å². The number of benzene rings is 3. The Morgan fingerprint density at radius 2 is 1.58 bits per heavy atom. The van der Waals surface area contributed by atoms with Crippen LogP contribution in [0.2, 0.25) is 0 Å². The highest BCUT2D eigenvalue weighted by molar-refractivity contribution is 9.10. The predicted molar refractivity (Wildman–Crippen MR) is 133 cm³/mol. The third-order valence-electron chi connectivity index (χ3n) is 4.55. The van der Waals surface area contributed by atoms with Crippen LogP contribution < -0.4 is 15.1 Å². The van der Waals surface area contributed by atoms with E-state index in [4.69, 9.17) is 4.74 Å². The maximum absolute atomic E-state index is 12.8. The van der Waals surface area contributed by atoms with Crippen LogP contribution in [0.25, 0.3) is 0 Å². The molecule has 0 atom stereocenters. The molecule has 1 aromatic heterocycles. The van der Waals surface area contributed by atoms with E-state index in [-0.39, 0.29) is 17.6 Å². The molecule has 0 fully saturated rings. The number of ether oxygens (including phenoxy) is 1. The molecule has 0 spiro atoms. The van der Waals surface area contributed by atoms with Crippen molar-refractivity contribution >= 4 is 45.4 Å². The molecule has 0 radical (unpaired) electrons. The van der Waals surface area contributed by atoms with Crippen molar-refractivity contribution < 1.29 is 23.0 Å². The van der Waals surface area contributed by atoms with Crippen molar-refractivity contribution in [1.82, 2.24) is 15.0 Å². The van der Waals surface area contributed by atoms with Gasteiger partial charge in [-0.3, -0.25) is 4.90 Å². The van der Waals surface area contributed by atoms with Crippen molar-refractivity contribution in [2.45, 2.75) is 6.18 Å².